The Morgan fingerprint density at radius 3 is 2.84 bits per heavy atom. The van der Waals surface area contributed by atoms with Crippen LogP contribution in [-0.4, -0.2) is 14.9 Å². The highest BCUT2D eigenvalue weighted by Gasteiger charge is 2.17. The smallest absolute Gasteiger partial charge is 0.291 e. The second-order valence-corrected chi connectivity index (χ2v) is 5.75. The van der Waals surface area contributed by atoms with Crippen molar-refractivity contribution in [2.75, 3.05) is 5.32 Å². The molecule has 6 nitrogen and oxygen atoms in total. The fraction of sp³-hybridized carbons (Fsp3) is 0.273. The number of halogens is 1. The van der Waals surface area contributed by atoms with Crippen molar-refractivity contribution in [1.82, 2.24) is 9.97 Å². The second kappa shape index (κ2) is 5.62. The zero-order chi connectivity index (χ0) is 14.0. The van der Waals surface area contributed by atoms with Gasteiger partial charge in [-0.05, 0) is 29.8 Å². The normalized spacial score (nSPS) is 10.5. The predicted molar refractivity (Wildman–Crippen MR) is 77.5 cm³/mol. The molecule has 0 aliphatic rings. The van der Waals surface area contributed by atoms with Gasteiger partial charge in [-0.3, -0.25) is 10.1 Å². The van der Waals surface area contributed by atoms with Crippen molar-refractivity contribution < 1.29 is 4.92 Å². The molecule has 0 aromatic carbocycles. The molecule has 0 amide bonds. The molecule has 8 heteroatoms. The fourth-order valence-corrected chi connectivity index (χ4v) is 2.60. The number of nitro groups is 1. The summed E-state index contributed by atoms with van der Waals surface area (Å²) in [6, 6.07) is 0. The summed E-state index contributed by atoms with van der Waals surface area (Å²) in [5, 5.41) is 16.9. The van der Waals surface area contributed by atoms with Gasteiger partial charge in [-0.2, -0.15) is 0 Å². The molecule has 100 valence electrons. The summed E-state index contributed by atoms with van der Waals surface area (Å²) in [6.45, 7) is 4.16. The van der Waals surface area contributed by atoms with Crippen molar-refractivity contribution >= 4 is 38.8 Å². The summed E-state index contributed by atoms with van der Waals surface area (Å²) in [4.78, 5) is 18.7. The van der Waals surface area contributed by atoms with Gasteiger partial charge in [-0.1, -0.05) is 0 Å². The first kappa shape index (κ1) is 13.9. The van der Waals surface area contributed by atoms with Crippen molar-refractivity contribution in [2.24, 2.45) is 0 Å². The summed E-state index contributed by atoms with van der Waals surface area (Å²) >= 11 is 4.91. The van der Waals surface area contributed by atoms with E-state index < -0.39 is 4.92 Å². The first-order chi connectivity index (χ1) is 8.99. The topological polar surface area (TPSA) is 81.0 Å². The molecule has 2 rings (SSSR count). The van der Waals surface area contributed by atoms with Gasteiger partial charge in [0.05, 0.1) is 26.6 Å². The predicted octanol–water partition coefficient (Wildman–Crippen LogP) is 3.44. The summed E-state index contributed by atoms with van der Waals surface area (Å²) in [5.41, 5.74) is 1.48. The maximum atomic E-state index is 10.8. The van der Waals surface area contributed by atoms with Gasteiger partial charge in [-0.25, -0.2) is 9.97 Å². The molecule has 0 aliphatic carbocycles. The molecule has 0 saturated carbocycles. The summed E-state index contributed by atoms with van der Waals surface area (Å²) in [5.74, 6) is 0.578. The number of thiazole rings is 1. The Kier molecular flexibility index (Phi) is 4.11. The largest absolute Gasteiger partial charge is 0.363 e. The Labute approximate surface area is 122 Å². The molecule has 19 heavy (non-hydrogen) atoms. The van der Waals surface area contributed by atoms with E-state index in [1.807, 2.05) is 12.3 Å². The zero-order valence-corrected chi connectivity index (χ0v) is 12.7. The monoisotopic (exact) mass is 342 g/mol. The van der Waals surface area contributed by atoms with Crippen LogP contribution in [0, 0.1) is 24.0 Å². The van der Waals surface area contributed by atoms with E-state index in [2.05, 4.69) is 31.2 Å². The molecule has 0 spiro atoms. The number of anilines is 1. The first-order valence-corrected chi connectivity index (χ1v) is 7.10. The van der Waals surface area contributed by atoms with Crippen LogP contribution in [0.4, 0.5) is 11.5 Å². The number of pyridine rings is 1. The third-order valence-electron chi connectivity index (χ3n) is 2.54. The van der Waals surface area contributed by atoms with Crippen LogP contribution in [0.2, 0.25) is 0 Å². The molecule has 1 N–H and O–H groups in total. The molecule has 0 bridgehead atoms. The standard InChI is InChI=1S/C11H11BrN4O2S/c1-6-9(16(17)18)4-14-11(10(6)12)13-3-8-5-19-7(2)15-8/h4-5H,3H2,1-2H3,(H,13,14). The lowest BCUT2D eigenvalue weighted by atomic mass is 10.2. The number of hydrogen-bond acceptors (Lipinski definition) is 6. The number of nitrogens with zero attached hydrogens (tertiary/aromatic N) is 3. The number of aryl methyl sites for hydroxylation is 1. The van der Waals surface area contributed by atoms with Gasteiger partial charge in [0.1, 0.15) is 12.0 Å². The Bertz CT molecular complexity index is 629. The molecular formula is C11H11BrN4O2S. The van der Waals surface area contributed by atoms with E-state index in [0.717, 1.165) is 10.7 Å². The SMILES string of the molecule is Cc1nc(CNc2ncc([N+](=O)[O-])c(C)c2Br)cs1. The minimum Gasteiger partial charge on any atom is -0.363 e. The molecule has 0 fully saturated rings. The van der Waals surface area contributed by atoms with Crippen LogP contribution < -0.4 is 5.32 Å². The summed E-state index contributed by atoms with van der Waals surface area (Å²) in [6.07, 6.45) is 1.26. The molecule has 0 radical (unpaired) electrons. The van der Waals surface area contributed by atoms with Crippen LogP contribution in [0.25, 0.3) is 0 Å². The van der Waals surface area contributed by atoms with Gasteiger partial charge >= 0.3 is 0 Å². The van der Waals surface area contributed by atoms with E-state index in [4.69, 9.17) is 0 Å². The van der Waals surface area contributed by atoms with Gasteiger partial charge < -0.3 is 5.32 Å². The molecule has 2 heterocycles. The Hall–Kier alpha value is -1.54. The van der Waals surface area contributed by atoms with Crippen molar-refractivity contribution in [2.45, 2.75) is 20.4 Å². The lowest BCUT2D eigenvalue weighted by Crippen LogP contribution is -2.04. The highest BCUT2D eigenvalue weighted by molar-refractivity contribution is 9.10. The zero-order valence-electron chi connectivity index (χ0n) is 10.3. The van der Waals surface area contributed by atoms with Gasteiger partial charge in [0.2, 0.25) is 0 Å². The maximum absolute atomic E-state index is 10.8. The molecular weight excluding hydrogens is 332 g/mol. The van der Waals surface area contributed by atoms with Gasteiger partial charge in [0, 0.05) is 10.9 Å². The number of hydrogen-bond donors (Lipinski definition) is 1. The third kappa shape index (κ3) is 3.07. The average Bonchev–Trinajstić information content (AvgIpc) is 2.76. The van der Waals surface area contributed by atoms with Crippen LogP contribution in [-0.2, 0) is 6.54 Å². The Balaban J connectivity index is 2.17. The quantitative estimate of drug-likeness (QED) is 0.679. The molecule has 2 aromatic rings. The van der Waals surface area contributed by atoms with E-state index in [-0.39, 0.29) is 5.69 Å². The lowest BCUT2D eigenvalue weighted by Gasteiger charge is -2.08. The third-order valence-corrected chi connectivity index (χ3v) is 4.33. The number of aromatic nitrogens is 2. The minimum atomic E-state index is -0.444. The molecule has 0 aliphatic heterocycles. The van der Waals surface area contributed by atoms with Gasteiger partial charge in [-0.15, -0.1) is 11.3 Å². The van der Waals surface area contributed by atoms with Crippen LogP contribution in [0.1, 0.15) is 16.3 Å². The van der Waals surface area contributed by atoms with E-state index in [1.165, 1.54) is 6.20 Å². The minimum absolute atomic E-state index is 0.00178. The summed E-state index contributed by atoms with van der Waals surface area (Å²) < 4.78 is 0.605. The molecule has 0 saturated heterocycles. The Morgan fingerprint density at radius 1 is 1.53 bits per heavy atom. The van der Waals surface area contributed by atoms with Crippen LogP contribution >= 0.6 is 27.3 Å². The number of nitrogens with one attached hydrogen (secondary N) is 1. The summed E-state index contributed by atoms with van der Waals surface area (Å²) in [7, 11) is 0. The van der Waals surface area contributed by atoms with Crippen molar-refractivity contribution in [3.63, 3.8) is 0 Å². The highest BCUT2D eigenvalue weighted by Crippen LogP contribution is 2.30. The maximum Gasteiger partial charge on any atom is 0.291 e. The molecule has 2 aromatic heterocycles. The Morgan fingerprint density at radius 2 is 2.26 bits per heavy atom. The van der Waals surface area contributed by atoms with E-state index >= 15 is 0 Å². The first-order valence-electron chi connectivity index (χ1n) is 5.43. The van der Waals surface area contributed by atoms with E-state index in [0.29, 0.717) is 22.4 Å². The molecule has 0 unspecified atom stereocenters. The average molecular weight is 343 g/mol. The van der Waals surface area contributed by atoms with Crippen molar-refractivity contribution in [3.8, 4) is 0 Å². The van der Waals surface area contributed by atoms with Crippen molar-refractivity contribution in [3.05, 3.63) is 42.4 Å². The van der Waals surface area contributed by atoms with Crippen LogP contribution in [0.3, 0.4) is 0 Å². The molecule has 0 atom stereocenters. The van der Waals surface area contributed by atoms with Gasteiger partial charge in [0.25, 0.3) is 5.69 Å². The van der Waals surface area contributed by atoms with E-state index in [9.17, 15) is 10.1 Å². The van der Waals surface area contributed by atoms with Crippen molar-refractivity contribution in [1.29, 1.82) is 0 Å². The number of rotatable bonds is 4. The highest BCUT2D eigenvalue weighted by atomic mass is 79.9. The van der Waals surface area contributed by atoms with Crippen LogP contribution in [0.15, 0.2) is 16.0 Å². The second-order valence-electron chi connectivity index (χ2n) is 3.90. The van der Waals surface area contributed by atoms with E-state index in [1.54, 1.807) is 18.3 Å². The fourth-order valence-electron chi connectivity index (χ4n) is 1.54. The van der Waals surface area contributed by atoms with Crippen LogP contribution in [0.5, 0.6) is 0 Å². The lowest BCUT2D eigenvalue weighted by molar-refractivity contribution is -0.385. The van der Waals surface area contributed by atoms with Gasteiger partial charge in [0.15, 0.2) is 0 Å².